The van der Waals surface area contributed by atoms with Crippen LogP contribution in [0.4, 0.5) is 4.79 Å². The number of nitrogens with one attached hydrogen (secondary N) is 2. The third kappa shape index (κ3) is 6.31. The fourth-order valence-electron chi connectivity index (χ4n) is 5.61. The van der Waals surface area contributed by atoms with Gasteiger partial charge in [0.1, 0.15) is 11.3 Å². The molecule has 7 heteroatoms. The highest BCUT2D eigenvalue weighted by Crippen LogP contribution is 2.28. The third-order valence-electron chi connectivity index (χ3n) is 7.64. The van der Waals surface area contributed by atoms with Crippen LogP contribution in [0.5, 0.6) is 0 Å². The molecule has 1 aromatic heterocycles. The maximum atomic E-state index is 13.7. The van der Waals surface area contributed by atoms with E-state index in [9.17, 15) is 14.7 Å². The number of fused-ring (bicyclic) bond motifs is 2. The van der Waals surface area contributed by atoms with Crippen molar-refractivity contribution in [1.82, 2.24) is 15.2 Å². The van der Waals surface area contributed by atoms with Crippen LogP contribution in [0.15, 0.2) is 66.7 Å². The van der Waals surface area contributed by atoms with Gasteiger partial charge < -0.3 is 25.0 Å². The first-order valence-electron chi connectivity index (χ1n) is 14.2. The fourth-order valence-corrected chi connectivity index (χ4v) is 5.61. The molecule has 4 aromatic rings. The van der Waals surface area contributed by atoms with Gasteiger partial charge in [-0.3, -0.25) is 4.79 Å². The zero-order valence-corrected chi connectivity index (χ0v) is 23.7. The Morgan fingerprint density at radius 3 is 2.30 bits per heavy atom. The largest absolute Gasteiger partial charge is 0.444 e. The highest BCUT2D eigenvalue weighted by molar-refractivity contribution is 5.99. The van der Waals surface area contributed by atoms with E-state index in [1.54, 1.807) is 6.92 Å². The average molecular weight is 542 g/mol. The standard InChI is InChI=1S/C33H39N3O4/c1-21(37)23-12-13-24-19-30(31(38)34-26-14-16-27(17-15-26)35-32(39)40-33(2,3)4)36(29(24)18-23)20-25-10-7-9-22-8-5-6-11-28(22)25/h5-13,18-19,21,26-27,37H,14-17,20H2,1-4H3,(H,34,38)(H,35,39)/t21?,26-,27-. The molecule has 1 aliphatic rings. The molecule has 1 unspecified atom stereocenters. The minimum atomic E-state index is -0.605. The number of aliphatic hydroxyl groups excluding tert-OH is 1. The summed E-state index contributed by atoms with van der Waals surface area (Å²) in [7, 11) is 0. The molecule has 7 nitrogen and oxygen atoms in total. The molecule has 0 aliphatic heterocycles. The van der Waals surface area contributed by atoms with E-state index < -0.39 is 17.8 Å². The Balaban J connectivity index is 1.36. The summed E-state index contributed by atoms with van der Waals surface area (Å²) in [6.45, 7) is 7.83. The van der Waals surface area contributed by atoms with Gasteiger partial charge in [-0.15, -0.1) is 0 Å². The number of aliphatic hydroxyl groups is 1. The Labute approximate surface area is 235 Å². The van der Waals surface area contributed by atoms with Crippen LogP contribution >= 0.6 is 0 Å². The van der Waals surface area contributed by atoms with Crippen LogP contribution < -0.4 is 10.6 Å². The number of benzene rings is 3. The highest BCUT2D eigenvalue weighted by Gasteiger charge is 2.27. The first-order chi connectivity index (χ1) is 19.1. The summed E-state index contributed by atoms with van der Waals surface area (Å²) in [5.74, 6) is -0.112. The summed E-state index contributed by atoms with van der Waals surface area (Å²) >= 11 is 0. The van der Waals surface area contributed by atoms with Crippen LogP contribution in [0.1, 0.15) is 81.1 Å². The van der Waals surface area contributed by atoms with Crippen LogP contribution in [0.3, 0.4) is 0 Å². The van der Waals surface area contributed by atoms with Crippen LogP contribution in [0.25, 0.3) is 21.7 Å². The molecule has 210 valence electrons. The van der Waals surface area contributed by atoms with Gasteiger partial charge in [0.05, 0.1) is 6.10 Å². The van der Waals surface area contributed by atoms with Gasteiger partial charge in [-0.25, -0.2) is 4.79 Å². The number of carbonyl (C=O) groups is 2. The summed E-state index contributed by atoms with van der Waals surface area (Å²) in [6, 6.07) is 22.4. The Hall–Kier alpha value is -3.84. The minimum absolute atomic E-state index is 0.0289. The average Bonchev–Trinajstić information content (AvgIpc) is 3.26. The molecular formula is C33H39N3O4. The number of hydrogen-bond donors (Lipinski definition) is 3. The number of hydrogen-bond acceptors (Lipinski definition) is 4. The second-order valence-corrected chi connectivity index (χ2v) is 11.9. The molecule has 1 saturated carbocycles. The van der Waals surface area contributed by atoms with Crippen molar-refractivity contribution < 1.29 is 19.4 Å². The Kier molecular flexibility index (Phi) is 7.86. The number of alkyl carbamates (subject to hydrolysis) is 1. The second-order valence-electron chi connectivity index (χ2n) is 11.9. The van der Waals surface area contributed by atoms with Gasteiger partial charge in [-0.2, -0.15) is 0 Å². The molecule has 2 amide bonds. The molecule has 3 N–H and O–H groups in total. The van der Waals surface area contributed by atoms with Crippen molar-refractivity contribution in [2.75, 3.05) is 0 Å². The van der Waals surface area contributed by atoms with Gasteiger partial charge in [0.25, 0.3) is 5.91 Å². The number of amides is 2. The van der Waals surface area contributed by atoms with E-state index in [4.69, 9.17) is 4.74 Å². The summed E-state index contributed by atoms with van der Waals surface area (Å²) < 4.78 is 7.46. The molecular weight excluding hydrogens is 502 g/mol. The zero-order chi connectivity index (χ0) is 28.4. The number of rotatable bonds is 6. The maximum Gasteiger partial charge on any atom is 0.407 e. The summed E-state index contributed by atoms with van der Waals surface area (Å²) in [4.78, 5) is 25.9. The van der Waals surface area contributed by atoms with Crippen molar-refractivity contribution in [3.63, 3.8) is 0 Å². The molecule has 0 spiro atoms. The first-order valence-corrected chi connectivity index (χ1v) is 14.2. The molecule has 1 heterocycles. The van der Waals surface area contributed by atoms with E-state index in [-0.39, 0.29) is 18.0 Å². The number of carbonyl (C=O) groups excluding carboxylic acids is 2. The minimum Gasteiger partial charge on any atom is -0.444 e. The van der Waals surface area contributed by atoms with Gasteiger partial charge in [-0.05, 0) is 87.4 Å². The van der Waals surface area contributed by atoms with Gasteiger partial charge in [0.2, 0.25) is 0 Å². The molecule has 3 aromatic carbocycles. The molecule has 0 saturated heterocycles. The van der Waals surface area contributed by atoms with Crippen LogP contribution in [0.2, 0.25) is 0 Å². The maximum absolute atomic E-state index is 13.7. The molecule has 5 rings (SSSR count). The van der Waals surface area contributed by atoms with Crippen molar-refractivity contribution >= 4 is 33.7 Å². The molecule has 1 atom stereocenters. The Bertz CT molecular complexity index is 1520. The highest BCUT2D eigenvalue weighted by atomic mass is 16.6. The van der Waals surface area contributed by atoms with Crippen molar-refractivity contribution in [2.24, 2.45) is 0 Å². The molecule has 1 fully saturated rings. The normalized spacial score (nSPS) is 18.4. The van der Waals surface area contributed by atoms with E-state index in [0.717, 1.165) is 58.5 Å². The smallest absolute Gasteiger partial charge is 0.407 e. The first kappa shape index (κ1) is 27.7. The summed E-state index contributed by atoms with van der Waals surface area (Å²) in [5, 5.41) is 19.7. The fraction of sp³-hybridized carbons (Fsp3) is 0.394. The predicted molar refractivity (Wildman–Crippen MR) is 159 cm³/mol. The van der Waals surface area contributed by atoms with E-state index in [1.165, 1.54) is 0 Å². The van der Waals surface area contributed by atoms with Gasteiger partial charge in [-0.1, -0.05) is 54.6 Å². The molecule has 1 aliphatic carbocycles. The second kappa shape index (κ2) is 11.3. The zero-order valence-electron chi connectivity index (χ0n) is 23.7. The van der Waals surface area contributed by atoms with Crippen LogP contribution in [-0.2, 0) is 11.3 Å². The van der Waals surface area contributed by atoms with Gasteiger partial charge in [0.15, 0.2) is 0 Å². The van der Waals surface area contributed by atoms with Gasteiger partial charge >= 0.3 is 6.09 Å². The summed E-state index contributed by atoms with van der Waals surface area (Å²) in [6.07, 6.45) is 2.12. The van der Waals surface area contributed by atoms with Crippen molar-refractivity contribution in [1.29, 1.82) is 0 Å². The number of ether oxygens (including phenoxy) is 1. The lowest BCUT2D eigenvalue weighted by Gasteiger charge is -2.30. The Morgan fingerprint density at radius 2 is 1.60 bits per heavy atom. The van der Waals surface area contributed by atoms with Crippen molar-refractivity contribution in [2.45, 2.75) is 83.7 Å². The van der Waals surface area contributed by atoms with Crippen molar-refractivity contribution in [3.05, 3.63) is 83.6 Å². The van der Waals surface area contributed by atoms with Crippen LogP contribution in [-0.4, -0.2) is 39.4 Å². The number of nitrogens with zero attached hydrogens (tertiary/aromatic N) is 1. The lowest BCUT2D eigenvalue weighted by Crippen LogP contribution is -2.45. The molecule has 40 heavy (non-hydrogen) atoms. The van der Waals surface area contributed by atoms with E-state index in [2.05, 4.69) is 39.5 Å². The number of aromatic nitrogens is 1. The third-order valence-corrected chi connectivity index (χ3v) is 7.64. The quantitative estimate of drug-likeness (QED) is 0.261. The van der Waals surface area contributed by atoms with Crippen molar-refractivity contribution in [3.8, 4) is 0 Å². The SMILES string of the molecule is CC(O)c1ccc2cc(C(=O)N[C@H]3CC[C@H](NC(=O)OC(C)(C)C)CC3)n(Cc3cccc4ccccc34)c2c1. The van der Waals surface area contributed by atoms with Crippen LogP contribution in [0, 0.1) is 0 Å². The van der Waals surface area contributed by atoms with E-state index in [0.29, 0.717) is 12.2 Å². The predicted octanol–water partition coefficient (Wildman–Crippen LogP) is 6.46. The van der Waals surface area contributed by atoms with Gasteiger partial charge in [0, 0.05) is 29.5 Å². The van der Waals surface area contributed by atoms with E-state index in [1.807, 2.05) is 63.2 Å². The summed E-state index contributed by atoms with van der Waals surface area (Å²) in [5.41, 5.74) is 2.92. The molecule has 0 radical (unpaired) electrons. The molecule has 0 bridgehead atoms. The lowest BCUT2D eigenvalue weighted by molar-refractivity contribution is 0.0487. The van der Waals surface area contributed by atoms with E-state index >= 15 is 0 Å². The topological polar surface area (TPSA) is 92.6 Å². The Morgan fingerprint density at radius 1 is 0.925 bits per heavy atom. The lowest BCUT2D eigenvalue weighted by atomic mass is 9.91. The monoisotopic (exact) mass is 541 g/mol.